The van der Waals surface area contributed by atoms with Gasteiger partial charge in [0, 0.05) is 31.4 Å². The van der Waals surface area contributed by atoms with Crippen molar-refractivity contribution in [2.45, 2.75) is 12.8 Å². The number of ketones is 1. The van der Waals surface area contributed by atoms with E-state index in [0.29, 0.717) is 18.6 Å². The molecule has 3 nitrogen and oxygen atoms in total. The van der Waals surface area contributed by atoms with E-state index in [9.17, 15) is 9.18 Å². The molecule has 0 radical (unpaired) electrons. The molecule has 0 aromatic carbocycles. The van der Waals surface area contributed by atoms with Gasteiger partial charge in [-0.3, -0.25) is 9.78 Å². The fraction of sp³-hybridized carbons (Fsp3) is 0.455. The molecule has 0 spiro atoms. The second-order valence-electron chi connectivity index (χ2n) is 3.75. The fourth-order valence-electron chi connectivity index (χ4n) is 1.69. The fourth-order valence-corrected chi connectivity index (χ4v) is 1.69. The van der Waals surface area contributed by atoms with Gasteiger partial charge in [0.15, 0.2) is 5.78 Å². The summed E-state index contributed by atoms with van der Waals surface area (Å²) >= 11 is 0. The Morgan fingerprint density at radius 3 is 3.13 bits per heavy atom. The van der Waals surface area contributed by atoms with Gasteiger partial charge >= 0.3 is 0 Å². The van der Waals surface area contributed by atoms with Crippen molar-refractivity contribution in [1.29, 1.82) is 0 Å². The predicted molar refractivity (Wildman–Crippen MR) is 52.1 cm³/mol. The zero-order valence-corrected chi connectivity index (χ0v) is 8.28. The van der Waals surface area contributed by atoms with E-state index in [4.69, 9.17) is 4.74 Å². The first-order chi connectivity index (χ1) is 7.25. The monoisotopic (exact) mass is 209 g/mol. The standard InChI is InChI=1S/C11H12FNO2/c12-10-4-9(5-13-6-10)11(14)3-8-1-2-15-7-8/h4-6,8H,1-3,7H2. The molecule has 0 saturated carbocycles. The lowest BCUT2D eigenvalue weighted by Crippen LogP contribution is -2.09. The number of pyridine rings is 1. The summed E-state index contributed by atoms with van der Waals surface area (Å²) in [5, 5.41) is 0. The van der Waals surface area contributed by atoms with Crippen molar-refractivity contribution in [2.24, 2.45) is 5.92 Å². The summed E-state index contributed by atoms with van der Waals surface area (Å²) in [4.78, 5) is 15.3. The van der Waals surface area contributed by atoms with Crippen LogP contribution < -0.4 is 0 Å². The minimum Gasteiger partial charge on any atom is -0.381 e. The lowest BCUT2D eigenvalue weighted by Gasteiger charge is -2.05. The van der Waals surface area contributed by atoms with E-state index in [1.807, 2.05) is 0 Å². The number of ether oxygens (including phenoxy) is 1. The van der Waals surface area contributed by atoms with Gasteiger partial charge in [0.2, 0.25) is 0 Å². The van der Waals surface area contributed by atoms with Crippen molar-refractivity contribution in [3.63, 3.8) is 0 Å². The molecule has 1 aromatic rings. The molecule has 4 heteroatoms. The molecule has 15 heavy (non-hydrogen) atoms. The number of hydrogen-bond donors (Lipinski definition) is 0. The van der Waals surface area contributed by atoms with Crippen LogP contribution in [0.3, 0.4) is 0 Å². The number of halogens is 1. The number of carbonyl (C=O) groups is 1. The Balaban J connectivity index is 2.01. The van der Waals surface area contributed by atoms with Gasteiger partial charge in [0.1, 0.15) is 5.82 Å². The third-order valence-corrected chi connectivity index (χ3v) is 2.52. The third-order valence-electron chi connectivity index (χ3n) is 2.52. The average molecular weight is 209 g/mol. The molecule has 1 aromatic heterocycles. The van der Waals surface area contributed by atoms with Crippen LogP contribution in [0.25, 0.3) is 0 Å². The summed E-state index contributed by atoms with van der Waals surface area (Å²) in [6.45, 7) is 1.35. The Hall–Kier alpha value is -1.29. The van der Waals surface area contributed by atoms with E-state index >= 15 is 0 Å². The highest BCUT2D eigenvalue weighted by molar-refractivity contribution is 5.95. The summed E-state index contributed by atoms with van der Waals surface area (Å²) in [6.07, 6.45) is 3.83. The summed E-state index contributed by atoms with van der Waals surface area (Å²) in [5.74, 6) is -0.248. The first-order valence-corrected chi connectivity index (χ1v) is 4.97. The van der Waals surface area contributed by atoms with Gasteiger partial charge in [-0.1, -0.05) is 0 Å². The lowest BCUT2D eigenvalue weighted by molar-refractivity contribution is 0.0952. The maximum absolute atomic E-state index is 12.8. The van der Waals surface area contributed by atoms with Gasteiger partial charge in [0.25, 0.3) is 0 Å². The second-order valence-corrected chi connectivity index (χ2v) is 3.75. The Morgan fingerprint density at radius 2 is 2.47 bits per heavy atom. The number of nitrogens with zero attached hydrogens (tertiary/aromatic N) is 1. The minimum absolute atomic E-state index is 0.0579. The highest BCUT2D eigenvalue weighted by Gasteiger charge is 2.20. The van der Waals surface area contributed by atoms with Gasteiger partial charge < -0.3 is 4.74 Å². The van der Waals surface area contributed by atoms with E-state index in [1.54, 1.807) is 0 Å². The molecule has 1 saturated heterocycles. The van der Waals surface area contributed by atoms with Crippen LogP contribution in [0.4, 0.5) is 4.39 Å². The number of rotatable bonds is 3. The second kappa shape index (κ2) is 4.49. The van der Waals surface area contributed by atoms with E-state index in [0.717, 1.165) is 19.2 Å². The van der Waals surface area contributed by atoms with Crippen LogP contribution >= 0.6 is 0 Å². The minimum atomic E-state index is -0.469. The molecular formula is C11H12FNO2. The number of carbonyl (C=O) groups excluding carboxylic acids is 1. The van der Waals surface area contributed by atoms with Crippen molar-refractivity contribution in [3.05, 3.63) is 29.8 Å². The molecule has 2 rings (SSSR count). The highest BCUT2D eigenvalue weighted by atomic mass is 19.1. The average Bonchev–Trinajstić information content (AvgIpc) is 2.70. The molecular weight excluding hydrogens is 197 g/mol. The molecule has 80 valence electrons. The Kier molecular flexibility index (Phi) is 3.06. The molecule has 2 heterocycles. The highest BCUT2D eigenvalue weighted by Crippen LogP contribution is 2.18. The van der Waals surface area contributed by atoms with Crippen LogP contribution in [0.1, 0.15) is 23.2 Å². The summed E-state index contributed by atoms with van der Waals surface area (Å²) < 4.78 is 18.0. The maximum atomic E-state index is 12.8. The summed E-state index contributed by atoms with van der Waals surface area (Å²) in [6, 6.07) is 1.23. The van der Waals surface area contributed by atoms with Crippen molar-refractivity contribution in [1.82, 2.24) is 4.98 Å². The number of Topliss-reactive ketones (excluding diaryl/α,β-unsaturated/α-hetero) is 1. The van der Waals surface area contributed by atoms with Gasteiger partial charge in [-0.15, -0.1) is 0 Å². The number of aromatic nitrogens is 1. The van der Waals surface area contributed by atoms with Crippen molar-refractivity contribution in [2.75, 3.05) is 13.2 Å². The molecule has 1 unspecified atom stereocenters. The largest absolute Gasteiger partial charge is 0.381 e. The van der Waals surface area contributed by atoms with Gasteiger partial charge in [-0.05, 0) is 18.4 Å². The van der Waals surface area contributed by atoms with Crippen LogP contribution in [-0.2, 0) is 4.74 Å². The van der Waals surface area contributed by atoms with Crippen LogP contribution in [-0.4, -0.2) is 24.0 Å². The molecule has 1 aliphatic rings. The Labute approximate surface area is 87.3 Å². The van der Waals surface area contributed by atoms with Crippen molar-refractivity contribution in [3.8, 4) is 0 Å². The summed E-state index contributed by atoms with van der Waals surface area (Å²) in [7, 11) is 0. The van der Waals surface area contributed by atoms with E-state index in [-0.39, 0.29) is 11.7 Å². The zero-order chi connectivity index (χ0) is 10.7. The molecule has 0 bridgehead atoms. The number of hydrogen-bond acceptors (Lipinski definition) is 3. The SMILES string of the molecule is O=C(CC1CCOC1)c1cncc(F)c1. The van der Waals surface area contributed by atoms with Crippen LogP contribution in [0.5, 0.6) is 0 Å². The van der Waals surface area contributed by atoms with Crippen LogP contribution in [0.2, 0.25) is 0 Å². The van der Waals surface area contributed by atoms with Crippen molar-refractivity contribution >= 4 is 5.78 Å². The van der Waals surface area contributed by atoms with E-state index < -0.39 is 5.82 Å². The van der Waals surface area contributed by atoms with Crippen molar-refractivity contribution < 1.29 is 13.9 Å². The Bertz CT molecular complexity index is 361. The third kappa shape index (κ3) is 2.59. The topological polar surface area (TPSA) is 39.2 Å². The molecule has 0 aliphatic carbocycles. The normalized spacial score (nSPS) is 20.5. The molecule has 1 fully saturated rings. The zero-order valence-electron chi connectivity index (χ0n) is 8.28. The molecule has 0 N–H and O–H groups in total. The summed E-state index contributed by atoms with van der Waals surface area (Å²) in [5.41, 5.74) is 0.349. The smallest absolute Gasteiger partial charge is 0.164 e. The van der Waals surface area contributed by atoms with E-state index in [1.165, 1.54) is 12.3 Å². The quantitative estimate of drug-likeness (QED) is 0.713. The predicted octanol–water partition coefficient (Wildman–Crippen LogP) is 1.83. The Morgan fingerprint density at radius 1 is 1.60 bits per heavy atom. The van der Waals surface area contributed by atoms with E-state index in [2.05, 4.69) is 4.98 Å². The molecule has 0 amide bonds. The lowest BCUT2D eigenvalue weighted by atomic mass is 9.99. The van der Waals surface area contributed by atoms with Gasteiger partial charge in [0.05, 0.1) is 6.20 Å². The first-order valence-electron chi connectivity index (χ1n) is 4.97. The molecule has 1 atom stereocenters. The first kappa shape index (κ1) is 10.2. The van der Waals surface area contributed by atoms with Gasteiger partial charge in [-0.2, -0.15) is 0 Å². The molecule has 1 aliphatic heterocycles. The van der Waals surface area contributed by atoms with Crippen LogP contribution in [0.15, 0.2) is 18.5 Å². The van der Waals surface area contributed by atoms with Crippen LogP contribution in [0, 0.1) is 11.7 Å². The maximum Gasteiger partial charge on any atom is 0.164 e. The van der Waals surface area contributed by atoms with Gasteiger partial charge in [-0.25, -0.2) is 4.39 Å².